The summed E-state index contributed by atoms with van der Waals surface area (Å²) >= 11 is 1.41. The van der Waals surface area contributed by atoms with Gasteiger partial charge in [-0.1, -0.05) is 12.1 Å². The van der Waals surface area contributed by atoms with Gasteiger partial charge in [0, 0.05) is 33.3 Å². The normalized spacial score (nSPS) is 14.2. The molecule has 1 aliphatic heterocycles. The third kappa shape index (κ3) is 4.81. The number of ether oxygens (including phenoxy) is 2. The minimum Gasteiger partial charge on any atom is -0.493 e. The van der Waals surface area contributed by atoms with Crippen molar-refractivity contribution < 1.29 is 18.7 Å². The smallest absolute Gasteiger partial charge is 0.348 e. The van der Waals surface area contributed by atoms with Crippen molar-refractivity contribution in [3.63, 3.8) is 0 Å². The van der Waals surface area contributed by atoms with E-state index in [9.17, 15) is 9.18 Å². The minimum atomic E-state index is -0.360. The van der Waals surface area contributed by atoms with Crippen LogP contribution in [0.3, 0.4) is 0 Å². The molecule has 1 N–H and O–H groups in total. The molecule has 4 nitrogen and oxygen atoms in total. The summed E-state index contributed by atoms with van der Waals surface area (Å²) in [6.45, 7) is 10.6. The molecule has 0 atom stereocenters. The molecular formula is C27H28FNO3S. The van der Waals surface area contributed by atoms with Crippen LogP contribution < -0.4 is 10.1 Å². The third-order valence-electron chi connectivity index (χ3n) is 5.56. The van der Waals surface area contributed by atoms with Crippen molar-refractivity contribution in [2.75, 3.05) is 11.9 Å². The number of thiophene rings is 1. The van der Waals surface area contributed by atoms with Gasteiger partial charge in [0.2, 0.25) is 0 Å². The van der Waals surface area contributed by atoms with Crippen LogP contribution in [0, 0.1) is 12.7 Å². The first kappa shape index (κ1) is 23.1. The monoisotopic (exact) mass is 465 g/mol. The molecule has 2 aromatic carbocycles. The molecule has 0 unspecified atom stereocenters. The van der Waals surface area contributed by atoms with E-state index >= 15 is 0 Å². The van der Waals surface area contributed by atoms with E-state index in [1.807, 2.05) is 32.0 Å². The fourth-order valence-electron chi connectivity index (χ4n) is 4.35. The number of carbonyl (C=O) groups excluding carboxylic acids is 1. The molecule has 0 fully saturated rings. The van der Waals surface area contributed by atoms with Crippen molar-refractivity contribution in [3.8, 4) is 16.9 Å². The van der Waals surface area contributed by atoms with Gasteiger partial charge >= 0.3 is 5.97 Å². The lowest BCUT2D eigenvalue weighted by Crippen LogP contribution is -2.32. The molecule has 4 rings (SSSR count). The molecule has 172 valence electrons. The van der Waals surface area contributed by atoms with E-state index in [1.54, 1.807) is 12.1 Å². The van der Waals surface area contributed by atoms with Crippen LogP contribution in [-0.2, 0) is 11.3 Å². The van der Waals surface area contributed by atoms with E-state index < -0.39 is 0 Å². The quantitative estimate of drug-likeness (QED) is 0.390. The Morgan fingerprint density at radius 2 is 1.85 bits per heavy atom. The van der Waals surface area contributed by atoms with Crippen molar-refractivity contribution >= 4 is 28.6 Å². The highest BCUT2D eigenvalue weighted by Gasteiger charge is 2.27. The Morgan fingerprint density at radius 3 is 2.55 bits per heavy atom. The van der Waals surface area contributed by atoms with E-state index in [1.165, 1.54) is 23.5 Å². The molecule has 2 heterocycles. The second-order valence-electron chi connectivity index (χ2n) is 8.75. The van der Waals surface area contributed by atoms with Crippen LogP contribution in [-0.4, -0.2) is 18.1 Å². The summed E-state index contributed by atoms with van der Waals surface area (Å²) in [5, 5.41) is 3.55. The number of halogens is 1. The van der Waals surface area contributed by atoms with Crippen molar-refractivity contribution in [1.82, 2.24) is 0 Å². The van der Waals surface area contributed by atoms with Crippen LogP contribution in [0.4, 0.5) is 10.1 Å². The van der Waals surface area contributed by atoms with Gasteiger partial charge in [-0.2, -0.15) is 0 Å². The number of nitrogens with one attached hydrogen (secondary N) is 1. The molecule has 1 aromatic heterocycles. The zero-order chi connectivity index (χ0) is 23.8. The van der Waals surface area contributed by atoms with Gasteiger partial charge in [0.1, 0.15) is 23.1 Å². The summed E-state index contributed by atoms with van der Waals surface area (Å²) in [4.78, 5) is 14.4. The van der Waals surface area contributed by atoms with E-state index in [2.05, 4.69) is 32.2 Å². The number of anilines is 1. The van der Waals surface area contributed by atoms with Crippen LogP contribution in [0.25, 0.3) is 16.7 Å². The maximum absolute atomic E-state index is 14.0. The second kappa shape index (κ2) is 9.02. The van der Waals surface area contributed by atoms with Crippen LogP contribution in [0.15, 0.2) is 48.5 Å². The lowest BCUT2D eigenvalue weighted by atomic mass is 9.85. The van der Waals surface area contributed by atoms with Crippen LogP contribution in [0.2, 0.25) is 0 Å². The molecule has 0 aliphatic carbocycles. The van der Waals surface area contributed by atoms with Gasteiger partial charge in [-0.3, -0.25) is 0 Å². The molecule has 0 saturated carbocycles. The first-order valence-electron chi connectivity index (χ1n) is 11.0. The van der Waals surface area contributed by atoms with Crippen molar-refractivity contribution in [2.45, 2.75) is 46.8 Å². The minimum absolute atomic E-state index is 0.0878. The van der Waals surface area contributed by atoms with E-state index in [4.69, 9.17) is 9.47 Å². The number of carbonyl (C=O) groups is 1. The van der Waals surface area contributed by atoms with Crippen LogP contribution in [0.5, 0.6) is 5.75 Å². The molecule has 0 amide bonds. The first-order valence-corrected chi connectivity index (χ1v) is 11.8. The highest BCUT2D eigenvalue weighted by molar-refractivity contribution is 7.13. The Balaban J connectivity index is 1.82. The molecule has 3 aromatic rings. The standard InChI is InChI=1S/C27H28FNO3S/c1-6-31-23-13-18(28)8-9-20(23)19-10-11-22-25(16(2)14-27(4,5)29-22)21(19)15-32-26(30)24-12-7-17(3)33-24/h7-14,29H,6,15H2,1-5H3. The number of fused-ring (bicyclic) bond motifs is 1. The summed E-state index contributed by atoms with van der Waals surface area (Å²) in [7, 11) is 0. The lowest BCUT2D eigenvalue weighted by molar-refractivity contribution is 0.0479. The molecular weight excluding hydrogens is 437 g/mol. The van der Waals surface area contributed by atoms with E-state index in [0.717, 1.165) is 38.4 Å². The maximum atomic E-state index is 14.0. The average molecular weight is 466 g/mol. The zero-order valence-electron chi connectivity index (χ0n) is 19.5. The summed E-state index contributed by atoms with van der Waals surface area (Å²) in [6.07, 6.45) is 2.17. The Kier molecular flexibility index (Phi) is 6.30. The van der Waals surface area contributed by atoms with Crippen molar-refractivity contribution in [1.29, 1.82) is 0 Å². The molecule has 0 saturated heterocycles. The van der Waals surface area contributed by atoms with Gasteiger partial charge in [0.25, 0.3) is 0 Å². The number of hydrogen-bond donors (Lipinski definition) is 1. The second-order valence-corrected chi connectivity index (χ2v) is 10.0. The van der Waals surface area contributed by atoms with Gasteiger partial charge in [0.05, 0.1) is 12.1 Å². The molecule has 0 spiro atoms. The molecule has 1 aliphatic rings. The number of rotatable bonds is 6. The predicted octanol–water partition coefficient (Wildman–Crippen LogP) is 7.23. The Hall–Kier alpha value is -3.12. The Labute approximate surface area is 198 Å². The average Bonchev–Trinajstić information content (AvgIpc) is 3.18. The highest BCUT2D eigenvalue weighted by atomic mass is 32.1. The van der Waals surface area contributed by atoms with Gasteiger partial charge < -0.3 is 14.8 Å². The van der Waals surface area contributed by atoms with Gasteiger partial charge in [0.15, 0.2) is 0 Å². The largest absolute Gasteiger partial charge is 0.493 e. The van der Waals surface area contributed by atoms with Gasteiger partial charge in [-0.25, -0.2) is 9.18 Å². The van der Waals surface area contributed by atoms with Gasteiger partial charge in [-0.05, 0) is 76.1 Å². The Morgan fingerprint density at radius 1 is 1.09 bits per heavy atom. The number of hydrogen-bond acceptors (Lipinski definition) is 5. The number of benzene rings is 2. The van der Waals surface area contributed by atoms with Crippen LogP contribution >= 0.6 is 11.3 Å². The fourth-order valence-corrected chi connectivity index (χ4v) is 5.11. The zero-order valence-corrected chi connectivity index (χ0v) is 20.4. The maximum Gasteiger partial charge on any atom is 0.348 e. The fraction of sp³-hybridized carbons (Fsp3) is 0.296. The molecule has 0 bridgehead atoms. The first-order chi connectivity index (χ1) is 15.7. The van der Waals surface area contributed by atoms with E-state index in [-0.39, 0.29) is 23.9 Å². The number of esters is 1. The lowest BCUT2D eigenvalue weighted by Gasteiger charge is -2.33. The molecule has 33 heavy (non-hydrogen) atoms. The third-order valence-corrected chi connectivity index (χ3v) is 6.54. The van der Waals surface area contributed by atoms with E-state index in [0.29, 0.717) is 17.2 Å². The Bertz CT molecular complexity index is 1240. The number of allylic oxidation sites excluding steroid dienone is 1. The van der Waals surface area contributed by atoms with Crippen molar-refractivity contribution in [3.05, 3.63) is 75.2 Å². The highest BCUT2D eigenvalue weighted by Crippen LogP contribution is 2.43. The summed E-state index contributed by atoms with van der Waals surface area (Å²) in [5.74, 6) is -0.253. The molecule has 6 heteroatoms. The summed E-state index contributed by atoms with van der Waals surface area (Å²) in [6, 6.07) is 12.2. The van der Waals surface area contributed by atoms with Gasteiger partial charge in [-0.15, -0.1) is 11.3 Å². The topological polar surface area (TPSA) is 47.6 Å². The van der Waals surface area contributed by atoms with Crippen LogP contribution in [0.1, 0.15) is 53.4 Å². The summed E-state index contributed by atoms with van der Waals surface area (Å²) in [5.41, 5.74) is 5.33. The number of aryl methyl sites for hydroxylation is 1. The SMILES string of the molecule is CCOc1cc(F)ccc1-c1ccc2c(c1COC(=O)c1ccc(C)s1)C(C)=CC(C)(C)N2. The molecule has 0 radical (unpaired) electrons. The predicted molar refractivity (Wildman–Crippen MR) is 133 cm³/mol. The van der Waals surface area contributed by atoms with Crippen molar-refractivity contribution in [2.24, 2.45) is 0 Å². The summed E-state index contributed by atoms with van der Waals surface area (Å²) < 4.78 is 25.5.